The smallest absolute Gasteiger partial charge is 0.416 e. The number of alkyl halides is 3. The zero-order chi connectivity index (χ0) is 31.6. The van der Waals surface area contributed by atoms with Crippen molar-refractivity contribution in [1.82, 2.24) is 9.91 Å². The highest BCUT2D eigenvalue weighted by Gasteiger charge is 2.42. The molecule has 45 heavy (non-hydrogen) atoms. The van der Waals surface area contributed by atoms with Crippen LogP contribution in [-0.2, 0) is 23.8 Å². The molecule has 0 saturated carbocycles. The molecule has 0 N–H and O–H groups in total. The first-order chi connectivity index (χ1) is 21.7. The van der Waals surface area contributed by atoms with Gasteiger partial charge < -0.3 is 19.5 Å². The summed E-state index contributed by atoms with van der Waals surface area (Å²) in [6, 6.07) is 21.7. The van der Waals surface area contributed by atoms with Crippen molar-refractivity contribution in [2.45, 2.75) is 64.2 Å². The van der Waals surface area contributed by atoms with Crippen molar-refractivity contribution in [3.8, 4) is 5.75 Å². The third-order valence-corrected chi connectivity index (χ3v) is 9.72. The van der Waals surface area contributed by atoms with Gasteiger partial charge in [0.15, 0.2) is 0 Å². The number of rotatable bonds is 8. The quantitative estimate of drug-likeness (QED) is 0.276. The van der Waals surface area contributed by atoms with Gasteiger partial charge >= 0.3 is 6.18 Å². The molecule has 0 spiro atoms. The molecule has 3 heterocycles. The minimum Gasteiger partial charge on any atom is -0.490 e. The van der Waals surface area contributed by atoms with E-state index in [1.165, 1.54) is 23.4 Å². The first kappa shape index (κ1) is 31.4. The Morgan fingerprint density at radius 1 is 0.956 bits per heavy atom. The molecule has 1 fully saturated rings. The number of hydrogen-bond acceptors (Lipinski definition) is 5. The lowest BCUT2D eigenvalue weighted by molar-refractivity contribution is -0.137. The van der Waals surface area contributed by atoms with Crippen LogP contribution in [0.3, 0.4) is 0 Å². The number of likely N-dealkylation sites (N-methyl/N-ethyl adjacent to an activating group) is 1. The second-order valence-electron chi connectivity index (χ2n) is 12.5. The molecule has 3 aliphatic heterocycles. The van der Waals surface area contributed by atoms with Gasteiger partial charge in [-0.1, -0.05) is 55.5 Å². The molecule has 1 amide bonds. The Bertz CT molecular complexity index is 1470. The van der Waals surface area contributed by atoms with Crippen molar-refractivity contribution in [1.29, 1.82) is 0 Å². The molecule has 0 radical (unpaired) electrons. The Labute approximate surface area is 264 Å². The molecule has 2 unspecified atom stereocenters. The monoisotopic (exact) mass is 620 g/mol. The summed E-state index contributed by atoms with van der Waals surface area (Å²) in [4.78, 5) is 19.1. The second-order valence-corrected chi connectivity index (χ2v) is 12.5. The highest BCUT2D eigenvalue weighted by atomic mass is 19.4. The minimum atomic E-state index is -4.35. The summed E-state index contributed by atoms with van der Waals surface area (Å²) >= 11 is 0. The molecule has 240 valence electrons. The number of carbonyl (C=O) groups is 1. The van der Waals surface area contributed by atoms with Gasteiger partial charge in [-0.05, 0) is 93.4 Å². The van der Waals surface area contributed by atoms with Gasteiger partial charge in [0.1, 0.15) is 18.4 Å². The number of likely N-dealkylation sites (tertiary alicyclic amines) is 1. The Balaban J connectivity index is 1.24. The van der Waals surface area contributed by atoms with E-state index in [0.717, 1.165) is 62.8 Å². The molecular formula is C36H43F3N4O2. The second kappa shape index (κ2) is 13.4. The van der Waals surface area contributed by atoms with Crippen LogP contribution in [-0.4, -0.2) is 67.2 Å². The van der Waals surface area contributed by atoms with Gasteiger partial charge in [0, 0.05) is 19.1 Å². The predicted molar refractivity (Wildman–Crippen MR) is 171 cm³/mol. The Morgan fingerprint density at radius 3 is 2.44 bits per heavy atom. The number of benzene rings is 3. The zero-order valence-corrected chi connectivity index (χ0v) is 26.2. The standard InChI is InChI=1S/C36H43F3N4O2/c1-3-42(43-19-9-12-28-11-4-5-14-31(28)43)34(35(44)41-22-23-45-33-16-7-6-15-32(33)41)29-17-20-40(21-18-29)26(2)24-27-10-8-13-30(25-27)36(37,38)39/h4-8,10-11,13-16,25-26,29,34H,3,9,12,17-24H2,1-2H3. The van der Waals surface area contributed by atoms with E-state index in [9.17, 15) is 18.0 Å². The van der Waals surface area contributed by atoms with Gasteiger partial charge in [-0.2, -0.15) is 13.2 Å². The Kier molecular flexibility index (Phi) is 9.38. The van der Waals surface area contributed by atoms with Crippen molar-refractivity contribution >= 4 is 17.3 Å². The van der Waals surface area contributed by atoms with E-state index in [1.54, 1.807) is 6.07 Å². The van der Waals surface area contributed by atoms with Gasteiger partial charge in [0.05, 0.1) is 23.5 Å². The summed E-state index contributed by atoms with van der Waals surface area (Å²) in [5.74, 6) is 0.963. The third-order valence-electron chi connectivity index (χ3n) is 9.72. The van der Waals surface area contributed by atoms with Gasteiger partial charge in [0.25, 0.3) is 0 Å². The summed E-state index contributed by atoms with van der Waals surface area (Å²) < 4.78 is 45.9. The van der Waals surface area contributed by atoms with Gasteiger partial charge in [-0.3, -0.25) is 4.79 Å². The number of ether oxygens (including phenoxy) is 1. The lowest BCUT2D eigenvalue weighted by atomic mass is 9.86. The van der Waals surface area contributed by atoms with Crippen LogP contribution in [0.15, 0.2) is 72.8 Å². The summed E-state index contributed by atoms with van der Waals surface area (Å²) in [5, 5.41) is 4.65. The van der Waals surface area contributed by atoms with Crippen molar-refractivity contribution < 1.29 is 22.7 Å². The molecular weight excluding hydrogens is 577 g/mol. The van der Waals surface area contributed by atoms with Crippen molar-refractivity contribution in [3.63, 3.8) is 0 Å². The van der Waals surface area contributed by atoms with Crippen LogP contribution in [0.5, 0.6) is 5.75 Å². The van der Waals surface area contributed by atoms with Crippen LogP contribution >= 0.6 is 0 Å². The largest absolute Gasteiger partial charge is 0.490 e. The first-order valence-corrected chi connectivity index (χ1v) is 16.3. The molecule has 2 atom stereocenters. The summed E-state index contributed by atoms with van der Waals surface area (Å²) in [6.45, 7) is 8.34. The molecule has 1 saturated heterocycles. The van der Waals surface area contributed by atoms with E-state index in [-0.39, 0.29) is 23.9 Å². The minimum absolute atomic E-state index is 0.0888. The number of para-hydroxylation sites is 3. The summed E-state index contributed by atoms with van der Waals surface area (Å²) in [7, 11) is 0. The number of carbonyl (C=O) groups excluding carboxylic acids is 1. The molecule has 0 aliphatic carbocycles. The predicted octanol–water partition coefficient (Wildman–Crippen LogP) is 6.83. The van der Waals surface area contributed by atoms with Crippen LogP contribution < -0.4 is 14.6 Å². The number of anilines is 2. The van der Waals surface area contributed by atoms with Crippen LogP contribution in [0.1, 0.15) is 49.8 Å². The Hall–Kier alpha value is -3.56. The normalized spacial score (nSPS) is 19.1. The molecule has 3 aromatic carbocycles. The maximum atomic E-state index is 14.8. The number of halogens is 3. The van der Waals surface area contributed by atoms with E-state index in [4.69, 9.17) is 4.74 Å². The molecule has 6 nitrogen and oxygen atoms in total. The molecule has 0 aromatic heterocycles. The van der Waals surface area contributed by atoms with E-state index < -0.39 is 11.7 Å². The topological polar surface area (TPSA) is 39.3 Å². The van der Waals surface area contributed by atoms with E-state index >= 15 is 0 Å². The number of aryl methyl sites for hydroxylation is 1. The molecule has 0 bridgehead atoms. The molecule has 3 aromatic rings. The molecule has 9 heteroatoms. The van der Waals surface area contributed by atoms with Crippen LogP contribution in [0.25, 0.3) is 0 Å². The van der Waals surface area contributed by atoms with Crippen LogP contribution in [0.4, 0.5) is 24.5 Å². The lowest BCUT2D eigenvalue weighted by Gasteiger charge is -2.48. The third kappa shape index (κ3) is 6.70. The fraction of sp³-hybridized carbons (Fsp3) is 0.472. The number of hydrazine groups is 1. The SMILES string of the molecule is CCN(C(C(=O)N1CCOc2ccccc21)C1CCN(C(C)Cc2cccc(C(F)(F)F)c2)CC1)N1CCCc2ccccc21. The Morgan fingerprint density at radius 2 is 1.69 bits per heavy atom. The number of amides is 1. The number of piperidine rings is 1. The van der Waals surface area contributed by atoms with Crippen molar-refractivity contribution in [2.75, 3.05) is 49.2 Å². The van der Waals surface area contributed by atoms with E-state index in [2.05, 4.69) is 53.0 Å². The van der Waals surface area contributed by atoms with Gasteiger partial charge in [-0.25, -0.2) is 5.01 Å². The van der Waals surface area contributed by atoms with Crippen LogP contribution in [0, 0.1) is 5.92 Å². The average Bonchev–Trinajstić information content (AvgIpc) is 3.06. The number of hydrogen-bond donors (Lipinski definition) is 0. The fourth-order valence-electron chi connectivity index (χ4n) is 7.45. The highest BCUT2D eigenvalue weighted by molar-refractivity contribution is 5.99. The number of nitrogens with zero attached hydrogens (tertiary/aromatic N) is 4. The maximum Gasteiger partial charge on any atom is 0.416 e. The summed E-state index contributed by atoms with van der Waals surface area (Å²) in [5.41, 5.74) is 3.40. The lowest BCUT2D eigenvalue weighted by Crippen LogP contribution is -2.61. The maximum absolute atomic E-state index is 14.8. The van der Waals surface area contributed by atoms with Gasteiger partial charge in [0.2, 0.25) is 5.91 Å². The first-order valence-electron chi connectivity index (χ1n) is 16.3. The van der Waals surface area contributed by atoms with E-state index in [1.807, 2.05) is 29.2 Å². The van der Waals surface area contributed by atoms with Crippen molar-refractivity contribution in [3.05, 3.63) is 89.5 Å². The number of fused-ring (bicyclic) bond motifs is 2. The average molecular weight is 621 g/mol. The van der Waals surface area contributed by atoms with E-state index in [0.29, 0.717) is 31.7 Å². The summed E-state index contributed by atoms with van der Waals surface area (Å²) in [6.07, 6.45) is -0.0713. The highest BCUT2D eigenvalue weighted by Crippen LogP contribution is 2.37. The molecule has 3 aliphatic rings. The van der Waals surface area contributed by atoms with Gasteiger partial charge in [-0.15, -0.1) is 0 Å². The zero-order valence-electron chi connectivity index (χ0n) is 26.2. The molecule has 6 rings (SSSR count). The van der Waals surface area contributed by atoms with Crippen molar-refractivity contribution in [2.24, 2.45) is 5.92 Å². The van der Waals surface area contributed by atoms with Crippen LogP contribution in [0.2, 0.25) is 0 Å². The fourth-order valence-corrected chi connectivity index (χ4v) is 7.45.